The van der Waals surface area contributed by atoms with E-state index in [0.717, 1.165) is 36.3 Å². The van der Waals surface area contributed by atoms with E-state index >= 15 is 0 Å². The van der Waals surface area contributed by atoms with Gasteiger partial charge in [-0.25, -0.2) is 9.37 Å². The van der Waals surface area contributed by atoms with Crippen LogP contribution in [0.25, 0.3) is 10.6 Å². The number of amides is 1. The molecule has 0 radical (unpaired) electrons. The van der Waals surface area contributed by atoms with Crippen molar-refractivity contribution in [3.05, 3.63) is 41.2 Å². The minimum atomic E-state index is -0.284. The number of nitrogens with zero attached hydrogens (tertiary/aromatic N) is 1. The van der Waals surface area contributed by atoms with Crippen LogP contribution in [-0.2, 0) is 0 Å². The second kappa shape index (κ2) is 9.32. The maximum absolute atomic E-state index is 12.9. The summed E-state index contributed by atoms with van der Waals surface area (Å²) in [6.45, 7) is 0. The Hall–Kier alpha value is -1.21. The maximum Gasteiger partial charge on any atom is 0.270 e. The predicted octanol–water partition coefficient (Wildman–Crippen LogP) is 3.79. The summed E-state index contributed by atoms with van der Waals surface area (Å²) in [6, 6.07) is 6.56. The molecular weight excluding hydrogens is 372 g/mol. The minimum absolute atomic E-state index is 0. The van der Waals surface area contributed by atoms with E-state index in [0.29, 0.717) is 5.69 Å². The second-order valence-corrected chi connectivity index (χ2v) is 6.49. The molecule has 1 saturated carbocycles. The van der Waals surface area contributed by atoms with Crippen molar-refractivity contribution in [1.82, 2.24) is 10.3 Å². The van der Waals surface area contributed by atoms with Crippen molar-refractivity contribution >= 4 is 42.1 Å². The van der Waals surface area contributed by atoms with Crippen LogP contribution in [0.2, 0.25) is 0 Å². The molecule has 2 aromatic rings. The lowest BCUT2D eigenvalue weighted by atomic mass is 9.92. The quantitative estimate of drug-likeness (QED) is 0.835. The van der Waals surface area contributed by atoms with Crippen LogP contribution in [0.1, 0.15) is 36.2 Å². The van der Waals surface area contributed by atoms with Gasteiger partial charge in [-0.2, -0.15) is 0 Å². The molecule has 1 aromatic heterocycles. The molecule has 1 aliphatic carbocycles. The van der Waals surface area contributed by atoms with Crippen LogP contribution in [0, 0.1) is 5.82 Å². The van der Waals surface area contributed by atoms with Crippen LogP contribution >= 0.6 is 36.2 Å². The van der Waals surface area contributed by atoms with Crippen molar-refractivity contribution in [2.45, 2.75) is 37.8 Å². The van der Waals surface area contributed by atoms with Crippen LogP contribution in [-0.4, -0.2) is 23.0 Å². The highest BCUT2D eigenvalue weighted by atomic mass is 35.5. The third-order valence-electron chi connectivity index (χ3n) is 3.94. The molecule has 8 heteroatoms. The molecule has 0 aliphatic heterocycles. The van der Waals surface area contributed by atoms with Gasteiger partial charge in [-0.1, -0.05) is 0 Å². The number of carbonyl (C=O) groups excluding carboxylic acids is 1. The normalized spacial score (nSPS) is 19.8. The molecule has 0 atom stereocenters. The molecule has 0 unspecified atom stereocenters. The van der Waals surface area contributed by atoms with Gasteiger partial charge in [-0.15, -0.1) is 36.2 Å². The zero-order chi connectivity index (χ0) is 15.5. The van der Waals surface area contributed by atoms with Crippen LogP contribution in [0.4, 0.5) is 4.39 Å². The van der Waals surface area contributed by atoms with Gasteiger partial charge < -0.3 is 11.1 Å². The number of carbonyl (C=O) groups is 1. The Balaban J connectivity index is 0.00000144. The smallest absolute Gasteiger partial charge is 0.270 e. The van der Waals surface area contributed by atoms with Crippen LogP contribution < -0.4 is 11.1 Å². The number of nitrogens with one attached hydrogen (secondary N) is 1. The van der Waals surface area contributed by atoms with Crippen molar-refractivity contribution < 1.29 is 9.18 Å². The van der Waals surface area contributed by atoms with E-state index in [1.807, 2.05) is 0 Å². The van der Waals surface area contributed by atoms with Crippen molar-refractivity contribution in [3.8, 4) is 10.6 Å². The summed E-state index contributed by atoms with van der Waals surface area (Å²) in [5, 5.41) is 5.48. The lowest BCUT2D eigenvalue weighted by molar-refractivity contribution is 0.0921. The molecule has 1 amide bonds. The van der Waals surface area contributed by atoms with Gasteiger partial charge in [0.05, 0.1) is 0 Å². The SMILES string of the molecule is Cl.Cl.NC1CCC(NC(=O)c2csc(-c3ccc(F)cc3)n2)CC1. The standard InChI is InChI=1S/C16H18FN3OS.2ClH/c17-11-3-1-10(2-4-11)16-20-14(9-22-16)15(21)19-13-7-5-12(18)6-8-13;;/h1-4,9,12-13H,5-8,18H2,(H,19,21);2*1H. The predicted molar refractivity (Wildman–Crippen MR) is 99.7 cm³/mol. The summed E-state index contributed by atoms with van der Waals surface area (Å²) in [5.41, 5.74) is 7.10. The molecule has 1 aliphatic rings. The zero-order valence-corrected chi connectivity index (χ0v) is 15.4. The Kier molecular flexibility index (Phi) is 8.09. The number of benzene rings is 1. The van der Waals surface area contributed by atoms with Gasteiger partial charge in [-0.05, 0) is 49.9 Å². The Labute approximate surface area is 156 Å². The third-order valence-corrected chi connectivity index (χ3v) is 4.83. The summed E-state index contributed by atoms with van der Waals surface area (Å²) in [5.74, 6) is -0.432. The Morgan fingerprint density at radius 3 is 2.42 bits per heavy atom. The van der Waals surface area contributed by atoms with Crippen LogP contribution in [0.5, 0.6) is 0 Å². The summed E-state index contributed by atoms with van der Waals surface area (Å²) in [6.07, 6.45) is 3.73. The van der Waals surface area contributed by atoms with Crippen molar-refractivity contribution in [2.24, 2.45) is 5.73 Å². The first-order chi connectivity index (χ1) is 10.6. The molecule has 0 saturated heterocycles. The molecule has 24 heavy (non-hydrogen) atoms. The highest BCUT2D eigenvalue weighted by Crippen LogP contribution is 2.24. The van der Waals surface area contributed by atoms with Gasteiger partial charge >= 0.3 is 0 Å². The van der Waals surface area contributed by atoms with Gasteiger partial charge in [0.2, 0.25) is 0 Å². The molecular formula is C16H20Cl2FN3OS. The van der Waals surface area contributed by atoms with E-state index in [1.165, 1.54) is 23.5 Å². The average Bonchev–Trinajstić information content (AvgIpc) is 3.00. The van der Waals surface area contributed by atoms with E-state index in [4.69, 9.17) is 5.73 Å². The molecule has 0 spiro atoms. The number of aromatic nitrogens is 1. The molecule has 0 bridgehead atoms. The molecule has 3 rings (SSSR count). The highest BCUT2D eigenvalue weighted by molar-refractivity contribution is 7.13. The summed E-state index contributed by atoms with van der Waals surface area (Å²) in [7, 11) is 0. The van der Waals surface area contributed by atoms with E-state index in [1.54, 1.807) is 17.5 Å². The molecule has 4 nitrogen and oxygen atoms in total. The fraction of sp³-hybridized carbons (Fsp3) is 0.375. The third kappa shape index (κ3) is 5.14. The number of nitrogens with two attached hydrogens (primary N) is 1. The second-order valence-electron chi connectivity index (χ2n) is 5.63. The van der Waals surface area contributed by atoms with Gasteiger partial charge in [0, 0.05) is 23.0 Å². The highest BCUT2D eigenvalue weighted by Gasteiger charge is 2.21. The molecule has 1 aromatic carbocycles. The van der Waals surface area contributed by atoms with Crippen LogP contribution in [0.15, 0.2) is 29.6 Å². The molecule has 3 N–H and O–H groups in total. The number of halogens is 3. The van der Waals surface area contributed by atoms with E-state index in [2.05, 4.69) is 10.3 Å². The van der Waals surface area contributed by atoms with Gasteiger partial charge in [-0.3, -0.25) is 4.79 Å². The molecule has 1 fully saturated rings. The van der Waals surface area contributed by atoms with Gasteiger partial charge in [0.1, 0.15) is 16.5 Å². The minimum Gasteiger partial charge on any atom is -0.348 e. The summed E-state index contributed by atoms with van der Waals surface area (Å²) < 4.78 is 12.9. The topological polar surface area (TPSA) is 68.0 Å². The Morgan fingerprint density at radius 1 is 1.17 bits per heavy atom. The van der Waals surface area contributed by atoms with Crippen molar-refractivity contribution in [2.75, 3.05) is 0 Å². The number of hydrogen-bond acceptors (Lipinski definition) is 4. The van der Waals surface area contributed by atoms with E-state index in [9.17, 15) is 9.18 Å². The largest absolute Gasteiger partial charge is 0.348 e. The first-order valence-corrected chi connectivity index (χ1v) is 8.27. The fourth-order valence-electron chi connectivity index (χ4n) is 2.63. The van der Waals surface area contributed by atoms with E-state index in [-0.39, 0.29) is 48.6 Å². The Morgan fingerprint density at radius 2 is 1.79 bits per heavy atom. The van der Waals surface area contributed by atoms with Crippen molar-refractivity contribution in [3.63, 3.8) is 0 Å². The number of rotatable bonds is 3. The van der Waals surface area contributed by atoms with Gasteiger partial charge in [0.15, 0.2) is 0 Å². The zero-order valence-electron chi connectivity index (χ0n) is 12.9. The first-order valence-electron chi connectivity index (χ1n) is 7.40. The molecule has 132 valence electrons. The van der Waals surface area contributed by atoms with Crippen molar-refractivity contribution in [1.29, 1.82) is 0 Å². The monoisotopic (exact) mass is 391 g/mol. The summed E-state index contributed by atoms with van der Waals surface area (Å²) >= 11 is 1.38. The van der Waals surface area contributed by atoms with E-state index < -0.39 is 0 Å². The van der Waals surface area contributed by atoms with Gasteiger partial charge in [0.25, 0.3) is 5.91 Å². The first kappa shape index (κ1) is 20.8. The number of thiazole rings is 1. The maximum atomic E-state index is 12.9. The van der Waals surface area contributed by atoms with Crippen LogP contribution in [0.3, 0.4) is 0 Å². The summed E-state index contributed by atoms with van der Waals surface area (Å²) in [4.78, 5) is 16.6. The number of hydrogen-bond donors (Lipinski definition) is 2. The average molecular weight is 392 g/mol. The Bertz CT molecular complexity index is 658. The lowest BCUT2D eigenvalue weighted by Gasteiger charge is -2.26. The molecule has 1 heterocycles. The fourth-order valence-corrected chi connectivity index (χ4v) is 3.43. The lowest BCUT2D eigenvalue weighted by Crippen LogP contribution is -2.40.